The molecule has 2 aromatic carbocycles. The highest BCUT2D eigenvalue weighted by atomic mass is 16.5. The third-order valence-corrected chi connectivity index (χ3v) is 5.29. The van der Waals surface area contributed by atoms with Crippen LogP contribution in [0.25, 0.3) is 0 Å². The first-order valence-electron chi connectivity index (χ1n) is 10.3. The van der Waals surface area contributed by atoms with Gasteiger partial charge in [0.15, 0.2) is 18.1 Å². The van der Waals surface area contributed by atoms with Crippen molar-refractivity contribution in [2.45, 2.75) is 6.92 Å². The third kappa shape index (κ3) is 5.67. The van der Waals surface area contributed by atoms with Gasteiger partial charge in [-0.05, 0) is 42.9 Å². The van der Waals surface area contributed by atoms with Crippen LogP contribution in [0.2, 0.25) is 0 Å². The predicted octanol–water partition coefficient (Wildman–Crippen LogP) is 2.64. The minimum Gasteiger partial charge on any atom is -0.493 e. The lowest BCUT2D eigenvalue weighted by Gasteiger charge is -2.35. The smallest absolute Gasteiger partial charge is 0.342 e. The zero-order valence-corrected chi connectivity index (χ0v) is 18.2. The molecule has 0 radical (unpaired) electrons. The molecule has 0 spiro atoms. The summed E-state index contributed by atoms with van der Waals surface area (Å²) in [6.45, 7) is 6.94. The number of hydrogen-bond acceptors (Lipinski definition) is 7. The average Bonchev–Trinajstić information content (AvgIpc) is 2.82. The number of para-hydroxylation sites is 1. The molecule has 0 aromatic heterocycles. The molecule has 1 N–H and O–H groups in total. The Labute approximate surface area is 182 Å². The fourth-order valence-electron chi connectivity index (χ4n) is 3.53. The molecule has 0 saturated carbocycles. The van der Waals surface area contributed by atoms with Crippen LogP contribution in [0, 0.1) is 0 Å². The van der Waals surface area contributed by atoms with Gasteiger partial charge in [-0.15, -0.1) is 0 Å². The van der Waals surface area contributed by atoms with Crippen molar-refractivity contribution < 1.29 is 23.8 Å². The Balaban J connectivity index is 1.51. The van der Waals surface area contributed by atoms with Crippen LogP contribution >= 0.6 is 0 Å². The highest BCUT2D eigenvalue weighted by molar-refractivity contribution is 5.97. The van der Waals surface area contributed by atoms with E-state index in [1.165, 1.54) is 14.2 Å². The molecule has 0 aliphatic carbocycles. The molecule has 1 heterocycles. The Morgan fingerprint density at radius 1 is 0.968 bits per heavy atom. The number of carbonyl (C=O) groups excluding carboxylic acids is 2. The lowest BCUT2D eigenvalue weighted by atomic mass is 10.2. The van der Waals surface area contributed by atoms with Gasteiger partial charge in [-0.2, -0.15) is 0 Å². The number of esters is 1. The van der Waals surface area contributed by atoms with E-state index in [-0.39, 0.29) is 11.3 Å². The largest absolute Gasteiger partial charge is 0.493 e. The molecule has 0 atom stereocenters. The maximum atomic E-state index is 12.4. The molecule has 1 saturated heterocycles. The molecule has 2 aromatic rings. The topological polar surface area (TPSA) is 80.3 Å². The van der Waals surface area contributed by atoms with E-state index in [0.29, 0.717) is 11.4 Å². The summed E-state index contributed by atoms with van der Waals surface area (Å²) in [5.41, 5.74) is 1.98. The van der Waals surface area contributed by atoms with Crippen LogP contribution < -0.4 is 19.7 Å². The van der Waals surface area contributed by atoms with E-state index >= 15 is 0 Å². The van der Waals surface area contributed by atoms with Crippen molar-refractivity contribution >= 4 is 23.3 Å². The van der Waals surface area contributed by atoms with E-state index in [1.807, 2.05) is 24.3 Å². The van der Waals surface area contributed by atoms with Gasteiger partial charge >= 0.3 is 5.97 Å². The summed E-state index contributed by atoms with van der Waals surface area (Å²) in [4.78, 5) is 29.3. The monoisotopic (exact) mass is 427 g/mol. The summed E-state index contributed by atoms with van der Waals surface area (Å²) in [7, 11) is 2.92. The van der Waals surface area contributed by atoms with E-state index in [1.54, 1.807) is 18.2 Å². The number of rotatable bonds is 8. The van der Waals surface area contributed by atoms with Gasteiger partial charge < -0.3 is 29.3 Å². The number of methoxy groups -OCH3 is 2. The molecule has 166 valence electrons. The van der Waals surface area contributed by atoms with Crippen LogP contribution in [0.4, 0.5) is 11.4 Å². The zero-order valence-electron chi connectivity index (χ0n) is 18.2. The van der Waals surface area contributed by atoms with Crippen molar-refractivity contribution in [3.05, 3.63) is 48.0 Å². The molecule has 1 aliphatic rings. The number of amides is 1. The van der Waals surface area contributed by atoms with Crippen LogP contribution in [-0.2, 0) is 9.53 Å². The number of hydrogen-bond donors (Lipinski definition) is 1. The number of nitrogens with one attached hydrogen (secondary N) is 1. The molecule has 8 nitrogen and oxygen atoms in total. The summed E-state index contributed by atoms with van der Waals surface area (Å²) < 4.78 is 15.6. The Kier molecular flexibility index (Phi) is 7.72. The van der Waals surface area contributed by atoms with Gasteiger partial charge in [-0.1, -0.05) is 13.0 Å². The SMILES string of the molecule is CCN1CCN(c2ccc(NC(=O)COC(=O)c3cccc(OC)c3OC)cc2)CC1. The lowest BCUT2D eigenvalue weighted by Crippen LogP contribution is -2.46. The summed E-state index contributed by atoms with van der Waals surface area (Å²) in [6.07, 6.45) is 0. The zero-order chi connectivity index (χ0) is 22.2. The van der Waals surface area contributed by atoms with Gasteiger partial charge in [0.2, 0.25) is 0 Å². The second kappa shape index (κ2) is 10.7. The van der Waals surface area contributed by atoms with Crippen molar-refractivity contribution in [1.82, 2.24) is 4.90 Å². The molecule has 3 rings (SSSR count). The van der Waals surface area contributed by atoms with Crippen LogP contribution in [0.5, 0.6) is 11.5 Å². The summed E-state index contributed by atoms with van der Waals surface area (Å²) in [6, 6.07) is 12.6. The number of likely N-dealkylation sites (N-methyl/N-ethyl adjacent to an activating group) is 1. The lowest BCUT2D eigenvalue weighted by molar-refractivity contribution is -0.119. The van der Waals surface area contributed by atoms with Gasteiger partial charge in [0.1, 0.15) is 5.56 Å². The molecule has 8 heteroatoms. The maximum Gasteiger partial charge on any atom is 0.342 e. The van der Waals surface area contributed by atoms with Crippen LogP contribution in [-0.4, -0.2) is 70.3 Å². The Morgan fingerprint density at radius 2 is 1.68 bits per heavy atom. The average molecular weight is 428 g/mol. The number of anilines is 2. The Bertz CT molecular complexity index is 893. The Morgan fingerprint density at radius 3 is 2.29 bits per heavy atom. The number of ether oxygens (including phenoxy) is 3. The van der Waals surface area contributed by atoms with E-state index in [4.69, 9.17) is 14.2 Å². The van der Waals surface area contributed by atoms with E-state index in [9.17, 15) is 9.59 Å². The van der Waals surface area contributed by atoms with Crippen molar-refractivity contribution in [2.75, 3.05) is 63.8 Å². The maximum absolute atomic E-state index is 12.4. The fraction of sp³-hybridized carbons (Fsp3) is 0.391. The second-order valence-electron chi connectivity index (χ2n) is 7.13. The van der Waals surface area contributed by atoms with Crippen molar-refractivity contribution in [2.24, 2.45) is 0 Å². The molecular weight excluding hydrogens is 398 g/mol. The molecule has 1 fully saturated rings. The van der Waals surface area contributed by atoms with Crippen molar-refractivity contribution in [3.63, 3.8) is 0 Å². The van der Waals surface area contributed by atoms with Crippen molar-refractivity contribution in [1.29, 1.82) is 0 Å². The highest BCUT2D eigenvalue weighted by Crippen LogP contribution is 2.31. The number of nitrogens with zero attached hydrogens (tertiary/aromatic N) is 2. The van der Waals surface area contributed by atoms with Crippen LogP contribution in [0.1, 0.15) is 17.3 Å². The van der Waals surface area contributed by atoms with Crippen LogP contribution in [0.3, 0.4) is 0 Å². The minimum absolute atomic E-state index is 0.196. The number of piperazine rings is 1. The first kappa shape index (κ1) is 22.4. The van der Waals surface area contributed by atoms with E-state index in [2.05, 4.69) is 22.0 Å². The predicted molar refractivity (Wildman–Crippen MR) is 119 cm³/mol. The van der Waals surface area contributed by atoms with E-state index < -0.39 is 18.5 Å². The first-order valence-corrected chi connectivity index (χ1v) is 10.3. The van der Waals surface area contributed by atoms with Gasteiger partial charge in [-0.25, -0.2) is 4.79 Å². The standard InChI is InChI=1S/C23H29N3O5/c1-4-25-12-14-26(15-13-25)18-10-8-17(9-11-18)24-21(27)16-31-23(28)19-6-5-7-20(29-2)22(19)30-3/h5-11H,4,12-16H2,1-3H3,(H,24,27). The number of carbonyl (C=O) groups is 2. The highest BCUT2D eigenvalue weighted by Gasteiger charge is 2.19. The second-order valence-corrected chi connectivity index (χ2v) is 7.13. The molecule has 1 amide bonds. The summed E-state index contributed by atoms with van der Waals surface area (Å²) in [5, 5.41) is 2.75. The molecule has 31 heavy (non-hydrogen) atoms. The third-order valence-electron chi connectivity index (χ3n) is 5.29. The van der Waals surface area contributed by atoms with E-state index in [0.717, 1.165) is 38.4 Å². The Hall–Kier alpha value is -3.26. The van der Waals surface area contributed by atoms with Gasteiger partial charge in [0.25, 0.3) is 5.91 Å². The van der Waals surface area contributed by atoms with Crippen molar-refractivity contribution in [3.8, 4) is 11.5 Å². The molecule has 1 aliphatic heterocycles. The van der Waals surface area contributed by atoms with Gasteiger partial charge in [0, 0.05) is 37.6 Å². The fourth-order valence-corrected chi connectivity index (χ4v) is 3.53. The summed E-state index contributed by atoms with van der Waals surface area (Å²) in [5.74, 6) is -0.393. The quantitative estimate of drug-likeness (QED) is 0.649. The number of benzene rings is 2. The first-order chi connectivity index (χ1) is 15.0. The van der Waals surface area contributed by atoms with Gasteiger partial charge in [-0.3, -0.25) is 4.79 Å². The van der Waals surface area contributed by atoms with Crippen LogP contribution in [0.15, 0.2) is 42.5 Å². The normalized spacial score (nSPS) is 14.1. The molecular formula is C23H29N3O5. The molecule has 0 bridgehead atoms. The summed E-state index contributed by atoms with van der Waals surface area (Å²) >= 11 is 0. The molecule has 0 unspecified atom stereocenters. The van der Waals surface area contributed by atoms with Gasteiger partial charge in [0.05, 0.1) is 14.2 Å². The minimum atomic E-state index is -0.660.